The average molecular weight is 291 g/mol. The van der Waals surface area contributed by atoms with Gasteiger partial charge in [0.25, 0.3) is 0 Å². The van der Waals surface area contributed by atoms with E-state index in [1.54, 1.807) is 7.11 Å². The van der Waals surface area contributed by atoms with Gasteiger partial charge in [-0.1, -0.05) is 19.1 Å². The molecule has 0 aliphatic rings. The Labute approximate surface area is 125 Å². The minimum Gasteiger partial charge on any atom is -0.391 e. The molecule has 0 fully saturated rings. The van der Waals surface area contributed by atoms with E-state index in [1.807, 2.05) is 18.2 Å². The van der Waals surface area contributed by atoms with E-state index in [4.69, 9.17) is 4.74 Å². The van der Waals surface area contributed by atoms with Crippen LogP contribution in [0.15, 0.2) is 24.3 Å². The third kappa shape index (κ3) is 4.27. The predicted octanol–water partition coefficient (Wildman–Crippen LogP) is 1.59. The Kier molecular flexibility index (Phi) is 6.17. The van der Waals surface area contributed by atoms with Gasteiger partial charge in [-0.2, -0.15) is 0 Å². The molecule has 5 heteroatoms. The lowest BCUT2D eigenvalue weighted by atomic mass is 10.2. The van der Waals surface area contributed by atoms with Crippen molar-refractivity contribution in [3.05, 3.63) is 30.1 Å². The largest absolute Gasteiger partial charge is 0.391 e. The van der Waals surface area contributed by atoms with Crippen LogP contribution in [0, 0.1) is 0 Å². The summed E-state index contributed by atoms with van der Waals surface area (Å²) in [5.41, 5.74) is 2.15. The van der Waals surface area contributed by atoms with Gasteiger partial charge in [-0.3, -0.25) is 0 Å². The first-order valence-electron chi connectivity index (χ1n) is 7.58. The number of aliphatic hydroxyl groups is 1. The summed E-state index contributed by atoms with van der Waals surface area (Å²) < 4.78 is 7.19. The molecule has 0 saturated carbocycles. The van der Waals surface area contributed by atoms with Crippen LogP contribution in [-0.2, 0) is 17.7 Å². The Morgan fingerprint density at radius 1 is 1.38 bits per heavy atom. The van der Waals surface area contributed by atoms with E-state index < -0.39 is 6.10 Å². The van der Waals surface area contributed by atoms with Crippen molar-refractivity contribution in [3.63, 3.8) is 0 Å². The number of rotatable bonds is 9. The third-order valence-electron chi connectivity index (χ3n) is 3.46. The number of methoxy groups -OCH3 is 1. The molecule has 0 radical (unpaired) electrons. The summed E-state index contributed by atoms with van der Waals surface area (Å²) in [6.07, 6.45) is 1.18. The Balaban J connectivity index is 2.04. The molecular weight excluding hydrogens is 266 g/mol. The molecule has 1 unspecified atom stereocenters. The van der Waals surface area contributed by atoms with Gasteiger partial charge < -0.3 is 19.7 Å². The summed E-state index contributed by atoms with van der Waals surface area (Å²) in [6, 6.07) is 8.14. The summed E-state index contributed by atoms with van der Waals surface area (Å²) in [4.78, 5) is 4.67. The summed E-state index contributed by atoms with van der Waals surface area (Å²) in [6.45, 7) is 5.04. The number of benzene rings is 1. The van der Waals surface area contributed by atoms with Gasteiger partial charge in [0.15, 0.2) is 0 Å². The molecule has 5 nitrogen and oxygen atoms in total. The molecule has 1 atom stereocenters. The number of hydrogen-bond acceptors (Lipinski definition) is 4. The summed E-state index contributed by atoms with van der Waals surface area (Å²) in [5.74, 6) is 0.957. The molecule has 1 aromatic carbocycles. The quantitative estimate of drug-likeness (QED) is 0.689. The minimum atomic E-state index is -0.436. The van der Waals surface area contributed by atoms with Gasteiger partial charge in [-0.15, -0.1) is 0 Å². The molecule has 2 aromatic rings. The van der Waals surface area contributed by atoms with Gasteiger partial charge in [-0.25, -0.2) is 4.98 Å². The van der Waals surface area contributed by atoms with E-state index in [9.17, 15) is 5.11 Å². The summed E-state index contributed by atoms with van der Waals surface area (Å²) >= 11 is 0. The number of nitrogens with one attached hydrogen (secondary N) is 1. The van der Waals surface area contributed by atoms with Crippen molar-refractivity contribution < 1.29 is 9.84 Å². The van der Waals surface area contributed by atoms with Crippen LogP contribution in [0.1, 0.15) is 19.2 Å². The van der Waals surface area contributed by atoms with E-state index in [2.05, 4.69) is 27.9 Å². The van der Waals surface area contributed by atoms with Crippen LogP contribution in [0.4, 0.5) is 0 Å². The van der Waals surface area contributed by atoms with Crippen molar-refractivity contribution in [2.75, 3.05) is 26.8 Å². The zero-order chi connectivity index (χ0) is 15.1. The lowest BCUT2D eigenvalue weighted by Gasteiger charge is -2.13. The maximum Gasteiger partial charge on any atom is 0.112 e. The fourth-order valence-corrected chi connectivity index (χ4v) is 2.48. The van der Waals surface area contributed by atoms with Gasteiger partial charge in [-0.05, 0) is 18.6 Å². The van der Waals surface area contributed by atoms with E-state index in [1.165, 1.54) is 0 Å². The SMILES string of the molecule is CCCn1c(CC(O)CNCCOC)nc2ccccc21. The van der Waals surface area contributed by atoms with Gasteiger partial charge in [0, 0.05) is 33.2 Å². The Morgan fingerprint density at radius 3 is 2.95 bits per heavy atom. The van der Waals surface area contributed by atoms with Crippen LogP contribution < -0.4 is 5.32 Å². The first-order valence-corrected chi connectivity index (χ1v) is 7.58. The van der Waals surface area contributed by atoms with Gasteiger partial charge in [0.05, 0.1) is 23.7 Å². The second-order valence-corrected chi connectivity index (χ2v) is 5.22. The van der Waals surface area contributed by atoms with Gasteiger partial charge in [0.1, 0.15) is 5.82 Å². The van der Waals surface area contributed by atoms with Crippen LogP contribution in [0.25, 0.3) is 11.0 Å². The van der Waals surface area contributed by atoms with Crippen molar-refractivity contribution in [1.82, 2.24) is 14.9 Å². The standard InChI is InChI=1S/C16H25N3O2/c1-3-9-19-15-7-5-4-6-14(15)18-16(19)11-13(20)12-17-8-10-21-2/h4-7,13,17,20H,3,8-12H2,1-2H3. The lowest BCUT2D eigenvalue weighted by Crippen LogP contribution is -2.31. The maximum atomic E-state index is 10.2. The molecule has 1 heterocycles. The van der Waals surface area contributed by atoms with Crippen LogP contribution >= 0.6 is 0 Å². The van der Waals surface area contributed by atoms with E-state index >= 15 is 0 Å². The molecule has 2 rings (SSSR count). The third-order valence-corrected chi connectivity index (χ3v) is 3.46. The Morgan fingerprint density at radius 2 is 2.19 bits per heavy atom. The number of aromatic nitrogens is 2. The number of aryl methyl sites for hydroxylation is 1. The van der Waals surface area contributed by atoms with Crippen molar-refractivity contribution >= 4 is 11.0 Å². The van der Waals surface area contributed by atoms with Crippen LogP contribution in [-0.4, -0.2) is 47.6 Å². The zero-order valence-electron chi connectivity index (χ0n) is 12.9. The zero-order valence-corrected chi connectivity index (χ0v) is 12.9. The molecular formula is C16H25N3O2. The van der Waals surface area contributed by atoms with Crippen molar-refractivity contribution in [1.29, 1.82) is 0 Å². The van der Waals surface area contributed by atoms with Crippen LogP contribution in [0.3, 0.4) is 0 Å². The fourth-order valence-electron chi connectivity index (χ4n) is 2.48. The number of hydrogen-bond donors (Lipinski definition) is 2. The molecule has 0 spiro atoms. The molecule has 0 amide bonds. The molecule has 2 N–H and O–H groups in total. The number of fused-ring (bicyclic) bond motifs is 1. The molecule has 1 aromatic heterocycles. The summed E-state index contributed by atoms with van der Waals surface area (Å²) in [7, 11) is 1.67. The lowest BCUT2D eigenvalue weighted by molar-refractivity contribution is 0.157. The molecule has 0 saturated heterocycles. The van der Waals surface area contributed by atoms with Crippen molar-refractivity contribution in [2.45, 2.75) is 32.4 Å². The van der Waals surface area contributed by atoms with Crippen LogP contribution in [0.5, 0.6) is 0 Å². The van der Waals surface area contributed by atoms with E-state index in [0.29, 0.717) is 19.6 Å². The van der Waals surface area contributed by atoms with Crippen molar-refractivity contribution in [2.24, 2.45) is 0 Å². The average Bonchev–Trinajstić information content (AvgIpc) is 2.82. The van der Waals surface area contributed by atoms with E-state index in [0.717, 1.165) is 36.4 Å². The second kappa shape index (κ2) is 8.12. The Hall–Kier alpha value is -1.43. The van der Waals surface area contributed by atoms with Gasteiger partial charge in [0.2, 0.25) is 0 Å². The molecule has 21 heavy (non-hydrogen) atoms. The van der Waals surface area contributed by atoms with Crippen LogP contribution in [0.2, 0.25) is 0 Å². The number of para-hydroxylation sites is 2. The molecule has 0 aliphatic carbocycles. The number of imidazole rings is 1. The minimum absolute atomic E-state index is 0.436. The summed E-state index contributed by atoms with van der Waals surface area (Å²) in [5, 5.41) is 13.3. The topological polar surface area (TPSA) is 59.3 Å². The highest BCUT2D eigenvalue weighted by molar-refractivity contribution is 5.75. The number of nitrogens with zero attached hydrogens (tertiary/aromatic N) is 2. The highest BCUT2D eigenvalue weighted by atomic mass is 16.5. The fraction of sp³-hybridized carbons (Fsp3) is 0.562. The van der Waals surface area contributed by atoms with Crippen molar-refractivity contribution in [3.8, 4) is 0 Å². The number of aliphatic hydroxyl groups excluding tert-OH is 1. The molecule has 116 valence electrons. The van der Waals surface area contributed by atoms with E-state index in [-0.39, 0.29) is 0 Å². The maximum absolute atomic E-state index is 10.2. The Bertz CT molecular complexity index is 553. The molecule has 0 aliphatic heterocycles. The first-order chi connectivity index (χ1) is 10.3. The normalized spacial score (nSPS) is 12.9. The predicted molar refractivity (Wildman–Crippen MR) is 84.5 cm³/mol. The smallest absolute Gasteiger partial charge is 0.112 e. The number of ether oxygens (including phenoxy) is 1. The highest BCUT2D eigenvalue weighted by Crippen LogP contribution is 2.17. The van der Waals surface area contributed by atoms with Gasteiger partial charge >= 0.3 is 0 Å². The molecule has 0 bridgehead atoms. The highest BCUT2D eigenvalue weighted by Gasteiger charge is 2.13. The monoisotopic (exact) mass is 291 g/mol. The first kappa shape index (κ1) is 15.9. The second-order valence-electron chi connectivity index (χ2n) is 5.22.